The summed E-state index contributed by atoms with van der Waals surface area (Å²) >= 11 is 2.30. The number of benzene rings is 1. The van der Waals surface area contributed by atoms with Gasteiger partial charge in [-0.2, -0.15) is 0 Å². The maximum absolute atomic E-state index is 11.7. The van der Waals surface area contributed by atoms with Crippen molar-refractivity contribution in [1.82, 2.24) is 5.32 Å². The van der Waals surface area contributed by atoms with Gasteiger partial charge in [-0.1, -0.05) is 20.3 Å². The summed E-state index contributed by atoms with van der Waals surface area (Å²) in [4.78, 5) is 11.7. The third-order valence-electron chi connectivity index (χ3n) is 2.84. The molecule has 0 saturated heterocycles. The van der Waals surface area contributed by atoms with Gasteiger partial charge in [-0.25, -0.2) is 0 Å². The number of hydrogen-bond donors (Lipinski definition) is 2. The van der Waals surface area contributed by atoms with Gasteiger partial charge in [0.05, 0.1) is 0 Å². The Balaban J connectivity index is 2.65. The van der Waals surface area contributed by atoms with Gasteiger partial charge in [-0.3, -0.25) is 4.79 Å². The molecule has 0 heterocycles. The highest BCUT2D eigenvalue weighted by atomic mass is 127. The van der Waals surface area contributed by atoms with Crippen molar-refractivity contribution in [3.63, 3.8) is 0 Å². The zero-order valence-electron chi connectivity index (χ0n) is 11.8. The van der Waals surface area contributed by atoms with Crippen LogP contribution in [0.5, 0.6) is 0 Å². The maximum atomic E-state index is 11.7. The summed E-state index contributed by atoms with van der Waals surface area (Å²) in [6.07, 6.45) is 3.83. The molecule has 0 bridgehead atoms. The van der Waals surface area contributed by atoms with E-state index in [-0.39, 0.29) is 5.91 Å². The van der Waals surface area contributed by atoms with E-state index < -0.39 is 0 Å². The van der Waals surface area contributed by atoms with Crippen molar-refractivity contribution in [3.8, 4) is 0 Å². The van der Waals surface area contributed by atoms with Gasteiger partial charge in [0.1, 0.15) is 0 Å². The summed E-state index contributed by atoms with van der Waals surface area (Å²) in [6.45, 7) is 6.02. The lowest BCUT2D eigenvalue weighted by Crippen LogP contribution is -2.18. The maximum Gasteiger partial charge on any atom is 0.224 e. The summed E-state index contributed by atoms with van der Waals surface area (Å²) in [5.74, 6) is 0.0958. The Hall–Kier alpha value is -0.620. The molecule has 0 saturated carbocycles. The highest BCUT2D eigenvalue weighted by molar-refractivity contribution is 14.1. The molecule has 0 unspecified atom stereocenters. The first kappa shape index (κ1) is 16.4. The summed E-state index contributed by atoms with van der Waals surface area (Å²) in [5, 5.41) is 6.42. The zero-order valence-corrected chi connectivity index (χ0v) is 13.9. The minimum atomic E-state index is 0.0958. The standard InChI is InChI=1S/C15H23IN2O/c1-3-5-9-17-11-12-10-13(16)7-8-14(12)18-15(19)6-4-2/h7-8,10,17H,3-6,9,11H2,1-2H3,(H,18,19). The number of nitrogens with one attached hydrogen (secondary N) is 2. The summed E-state index contributed by atoms with van der Waals surface area (Å²) < 4.78 is 1.19. The monoisotopic (exact) mass is 374 g/mol. The Morgan fingerprint density at radius 2 is 2.05 bits per heavy atom. The molecule has 0 fully saturated rings. The fourth-order valence-electron chi connectivity index (χ4n) is 1.80. The summed E-state index contributed by atoms with van der Waals surface area (Å²) in [7, 11) is 0. The quantitative estimate of drug-likeness (QED) is 0.535. The highest BCUT2D eigenvalue weighted by Crippen LogP contribution is 2.19. The number of carbonyl (C=O) groups excluding carboxylic acids is 1. The molecule has 0 radical (unpaired) electrons. The molecule has 2 N–H and O–H groups in total. The Labute approximate surface area is 129 Å². The van der Waals surface area contributed by atoms with E-state index in [1.165, 1.54) is 16.4 Å². The van der Waals surface area contributed by atoms with Gasteiger partial charge in [0, 0.05) is 22.2 Å². The van der Waals surface area contributed by atoms with E-state index in [1.54, 1.807) is 0 Å². The molecule has 4 heteroatoms. The average Bonchev–Trinajstić information content (AvgIpc) is 2.38. The first-order valence-electron chi connectivity index (χ1n) is 6.96. The number of anilines is 1. The molecule has 0 aliphatic carbocycles. The van der Waals surface area contributed by atoms with Crippen molar-refractivity contribution in [2.75, 3.05) is 11.9 Å². The van der Waals surface area contributed by atoms with Crippen molar-refractivity contribution in [2.24, 2.45) is 0 Å². The van der Waals surface area contributed by atoms with E-state index in [4.69, 9.17) is 0 Å². The Morgan fingerprint density at radius 3 is 2.74 bits per heavy atom. The molecule has 0 aromatic heterocycles. The van der Waals surface area contributed by atoms with Gasteiger partial charge >= 0.3 is 0 Å². The van der Waals surface area contributed by atoms with Crippen molar-refractivity contribution >= 4 is 34.2 Å². The molecule has 1 aromatic rings. The molecular formula is C15H23IN2O. The summed E-state index contributed by atoms with van der Waals surface area (Å²) in [5.41, 5.74) is 2.09. The van der Waals surface area contributed by atoms with Crippen molar-refractivity contribution < 1.29 is 4.79 Å². The van der Waals surface area contributed by atoms with Gasteiger partial charge in [0.15, 0.2) is 0 Å². The van der Waals surface area contributed by atoms with Crippen LogP contribution in [0.1, 0.15) is 45.1 Å². The number of unbranched alkanes of at least 4 members (excludes halogenated alkanes) is 1. The normalized spacial score (nSPS) is 10.5. The second kappa shape index (κ2) is 9.31. The molecule has 19 heavy (non-hydrogen) atoms. The molecular weight excluding hydrogens is 351 g/mol. The van der Waals surface area contributed by atoms with Crippen molar-refractivity contribution in [3.05, 3.63) is 27.3 Å². The minimum absolute atomic E-state index is 0.0958. The van der Waals surface area contributed by atoms with Crippen molar-refractivity contribution in [2.45, 2.75) is 46.1 Å². The van der Waals surface area contributed by atoms with E-state index in [9.17, 15) is 4.79 Å². The fourth-order valence-corrected chi connectivity index (χ4v) is 2.35. The largest absolute Gasteiger partial charge is 0.326 e. The SMILES string of the molecule is CCCCNCc1cc(I)ccc1NC(=O)CCC. The minimum Gasteiger partial charge on any atom is -0.326 e. The number of hydrogen-bond acceptors (Lipinski definition) is 2. The van der Waals surface area contributed by atoms with E-state index >= 15 is 0 Å². The van der Waals surface area contributed by atoms with Crippen molar-refractivity contribution in [1.29, 1.82) is 0 Å². The van der Waals surface area contributed by atoms with Gasteiger partial charge in [-0.15, -0.1) is 0 Å². The second-order valence-corrected chi connectivity index (χ2v) is 5.88. The van der Waals surface area contributed by atoms with Crippen LogP contribution in [-0.4, -0.2) is 12.5 Å². The Kier molecular flexibility index (Phi) is 8.05. The third-order valence-corrected chi connectivity index (χ3v) is 3.51. The fraction of sp³-hybridized carbons (Fsp3) is 0.533. The third kappa shape index (κ3) is 6.38. The van der Waals surface area contributed by atoms with Crippen LogP contribution in [0.15, 0.2) is 18.2 Å². The number of rotatable bonds is 8. The zero-order chi connectivity index (χ0) is 14.1. The molecule has 3 nitrogen and oxygen atoms in total. The smallest absolute Gasteiger partial charge is 0.224 e. The molecule has 1 aromatic carbocycles. The molecule has 106 valence electrons. The van der Waals surface area contributed by atoms with E-state index in [1.807, 2.05) is 19.1 Å². The molecule has 0 atom stereocenters. The van der Waals surface area contributed by atoms with Gasteiger partial charge in [0.25, 0.3) is 0 Å². The lowest BCUT2D eigenvalue weighted by molar-refractivity contribution is -0.116. The Morgan fingerprint density at radius 1 is 1.26 bits per heavy atom. The van der Waals surface area contributed by atoms with Crippen LogP contribution in [0.25, 0.3) is 0 Å². The van der Waals surface area contributed by atoms with E-state index in [0.717, 1.165) is 30.8 Å². The molecule has 0 spiro atoms. The van der Waals surface area contributed by atoms with Crippen LogP contribution in [0, 0.1) is 3.57 Å². The van der Waals surface area contributed by atoms with Crippen LogP contribution in [-0.2, 0) is 11.3 Å². The van der Waals surface area contributed by atoms with Crippen LogP contribution in [0.3, 0.4) is 0 Å². The predicted molar refractivity (Wildman–Crippen MR) is 89.3 cm³/mol. The second-order valence-electron chi connectivity index (χ2n) is 4.63. The molecule has 0 aliphatic rings. The molecule has 0 aliphatic heterocycles. The predicted octanol–water partition coefficient (Wildman–Crippen LogP) is 3.92. The Bertz CT molecular complexity index is 407. The highest BCUT2D eigenvalue weighted by Gasteiger charge is 2.06. The number of amides is 1. The molecule has 1 rings (SSSR count). The van der Waals surface area contributed by atoms with Crippen LogP contribution in [0.4, 0.5) is 5.69 Å². The first-order chi connectivity index (χ1) is 9.17. The number of halogens is 1. The van der Waals surface area contributed by atoms with Crippen LogP contribution in [0.2, 0.25) is 0 Å². The van der Waals surface area contributed by atoms with Gasteiger partial charge in [-0.05, 0) is 65.7 Å². The molecule has 1 amide bonds. The average molecular weight is 374 g/mol. The van der Waals surface area contributed by atoms with Gasteiger partial charge in [0.2, 0.25) is 5.91 Å². The summed E-state index contributed by atoms with van der Waals surface area (Å²) in [6, 6.07) is 6.14. The van der Waals surface area contributed by atoms with E-state index in [2.05, 4.69) is 46.2 Å². The van der Waals surface area contributed by atoms with Gasteiger partial charge < -0.3 is 10.6 Å². The first-order valence-corrected chi connectivity index (χ1v) is 8.04. The van der Waals surface area contributed by atoms with E-state index in [0.29, 0.717) is 6.42 Å². The lowest BCUT2D eigenvalue weighted by atomic mass is 10.1. The van der Waals surface area contributed by atoms with Crippen LogP contribution >= 0.6 is 22.6 Å². The van der Waals surface area contributed by atoms with Crippen LogP contribution < -0.4 is 10.6 Å². The topological polar surface area (TPSA) is 41.1 Å². The lowest BCUT2D eigenvalue weighted by Gasteiger charge is -2.12. The number of carbonyl (C=O) groups is 1.